The molecule has 0 bridgehead atoms. The van der Waals surface area contributed by atoms with E-state index in [2.05, 4.69) is 72.9 Å². The Morgan fingerprint density at radius 2 is 1.87 bits per heavy atom. The van der Waals surface area contributed by atoms with Gasteiger partial charge in [-0.05, 0) is 85.7 Å². The number of H-pyrrole nitrogens is 1. The van der Waals surface area contributed by atoms with Crippen LogP contribution in [0, 0.1) is 15.5 Å². The van der Waals surface area contributed by atoms with Gasteiger partial charge in [0.25, 0.3) is 21.6 Å². The fraction of sp³-hybridized carbons (Fsp3) is 0.340. The molecule has 63 heavy (non-hydrogen) atoms. The molecular formula is C47H48N8O7S. The van der Waals surface area contributed by atoms with Crippen molar-refractivity contribution in [3.8, 4) is 17.2 Å². The number of amides is 1. The van der Waals surface area contributed by atoms with Crippen LogP contribution in [0.25, 0.3) is 11.0 Å². The van der Waals surface area contributed by atoms with E-state index >= 15 is 0 Å². The van der Waals surface area contributed by atoms with E-state index in [1.54, 1.807) is 42.7 Å². The number of carbonyl (C=O) groups is 1. The Bertz CT molecular complexity index is 2840. The molecule has 2 saturated heterocycles. The molecule has 3 aliphatic heterocycles. The Balaban J connectivity index is 0.868. The molecule has 1 aliphatic carbocycles. The van der Waals surface area contributed by atoms with Crippen molar-refractivity contribution >= 4 is 44.0 Å². The molecule has 4 aliphatic rings. The highest BCUT2D eigenvalue weighted by atomic mass is 32.2. The van der Waals surface area contributed by atoms with Gasteiger partial charge in [0.05, 0.1) is 27.6 Å². The maximum atomic E-state index is 14.0. The molecule has 16 heteroatoms. The first-order valence-electron chi connectivity index (χ1n) is 21.5. The summed E-state index contributed by atoms with van der Waals surface area (Å²) < 4.78 is 42.1. The van der Waals surface area contributed by atoms with E-state index < -0.39 is 31.4 Å². The quantitative estimate of drug-likeness (QED) is 0.0794. The van der Waals surface area contributed by atoms with Crippen LogP contribution in [0.2, 0.25) is 0 Å². The topological polar surface area (TPSA) is 185 Å². The first kappa shape index (κ1) is 40.5. The largest absolute Gasteiger partial charge is 0.489 e. The van der Waals surface area contributed by atoms with Crippen molar-refractivity contribution in [3.63, 3.8) is 0 Å². The number of rotatable bonds is 12. The van der Waals surface area contributed by atoms with Gasteiger partial charge < -0.3 is 24.7 Å². The molecule has 2 atom stereocenters. The SMILES string of the molecule is CC(C)c1ccccc1[C@@H]1CCCN1C1CC2(C1)CN(c1ccc(C(=O)NS(=O)(=O)c3cc4c(c([N+](=O)[O-])c3)N[C@@H](Cc3ccccn3)CO4)c(Oc3cnc4[nH]ccc4c3)c1)C2. The number of anilines is 2. The molecule has 6 aromatic rings. The van der Waals surface area contributed by atoms with Crippen LogP contribution in [0.5, 0.6) is 17.2 Å². The summed E-state index contributed by atoms with van der Waals surface area (Å²) in [5, 5.41) is 16.2. The molecule has 3 N–H and O–H groups in total. The maximum absolute atomic E-state index is 14.0. The van der Waals surface area contributed by atoms with Crippen molar-refractivity contribution in [1.29, 1.82) is 0 Å². The number of aromatic nitrogens is 3. The number of nitro benzene ring substituents is 1. The molecule has 1 saturated carbocycles. The predicted molar refractivity (Wildman–Crippen MR) is 238 cm³/mol. The summed E-state index contributed by atoms with van der Waals surface area (Å²) in [4.78, 5) is 41.9. The lowest BCUT2D eigenvalue weighted by atomic mass is 9.60. The van der Waals surface area contributed by atoms with Crippen LogP contribution >= 0.6 is 0 Å². The van der Waals surface area contributed by atoms with Gasteiger partial charge in [-0.1, -0.05) is 44.2 Å². The number of carbonyl (C=O) groups excluding carboxylic acids is 1. The number of likely N-dealkylation sites (tertiary alicyclic amines) is 1. The number of nitrogens with one attached hydrogen (secondary N) is 3. The smallest absolute Gasteiger partial charge is 0.297 e. The van der Waals surface area contributed by atoms with Crippen LogP contribution in [0.1, 0.15) is 78.7 Å². The van der Waals surface area contributed by atoms with Crippen LogP contribution < -0.4 is 24.4 Å². The number of hydrogen-bond donors (Lipinski definition) is 3. The average Bonchev–Trinajstić information content (AvgIpc) is 3.93. The standard InChI is InChI=1S/C47H48N8O7S/c1-29(2)37-9-3-4-10-38(37)40-11-7-17-54(40)34-23-47(24-34)27-53(28-47)33-12-13-39(42(20-33)62-35-18-30-14-16-49-45(30)50-25-35)46(56)52-63(59,60)36-21-41(55(57)58)44-43(22-36)61-26-32(51-44)19-31-8-5-6-15-48-31/h3-6,8-10,12-16,18,20-22,25,29,32,34,40,51H,7,11,17,19,23-24,26-28H2,1-2H3,(H,49,50)(H,52,56)/t32-,40-/m0/s1. The fourth-order valence-corrected chi connectivity index (χ4v) is 11.0. The second-order valence-corrected chi connectivity index (χ2v) is 19.3. The Labute approximate surface area is 365 Å². The number of aromatic amines is 1. The third-order valence-corrected chi connectivity index (χ3v) is 14.4. The molecule has 3 fully saturated rings. The van der Waals surface area contributed by atoms with Crippen molar-refractivity contribution in [1.82, 2.24) is 24.6 Å². The van der Waals surface area contributed by atoms with Gasteiger partial charge in [-0.25, -0.2) is 18.1 Å². The summed E-state index contributed by atoms with van der Waals surface area (Å²) in [6, 6.07) is 25.9. The summed E-state index contributed by atoms with van der Waals surface area (Å²) in [5.41, 5.74) is 4.89. The van der Waals surface area contributed by atoms with Crippen molar-refractivity contribution < 1.29 is 27.6 Å². The van der Waals surface area contributed by atoms with Gasteiger partial charge in [0, 0.05) is 84.4 Å². The first-order valence-corrected chi connectivity index (χ1v) is 22.9. The molecule has 3 aromatic heterocycles. The Kier molecular flexibility index (Phi) is 10.3. The lowest BCUT2D eigenvalue weighted by Crippen LogP contribution is -2.66. The average molecular weight is 869 g/mol. The monoisotopic (exact) mass is 868 g/mol. The van der Waals surface area contributed by atoms with Crippen molar-refractivity contribution in [3.05, 3.63) is 136 Å². The molecule has 15 nitrogen and oxygen atoms in total. The highest BCUT2D eigenvalue weighted by Crippen LogP contribution is 2.54. The molecule has 10 rings (SSSR count). The van der Waals surface area contributed by atoms with Crippen molar-refractivity contribution in [2.45, 2.75) is 74.9 Å². The molecule has 0 radical (unpaired) electrons. The molecule has 6 heterocycles. The van der Waals surface area contributed by atoms with E-state index in [4.69, 9.17) is 9.47 Å². The van der Waals surface area contributed by atoms with Crippen LogP contribution in [-0.2, 0) is 16.4 Å². The summed E-state index contributed by atoms with van der Waals surface area (Å²) in [5.74, 6) is -0.0197. The molecule has 324 valence electrons. The van der Waals surface area contributed by atoms with E-state index in [9.17, 15) is 23.3 Å². The second kappa shape index (κ2) is 16.0. The van der Waals surface area contributed by atoms with E-state index in [0.29, 0.717) is 35.8 Å². The number of fused-ring (bicyclic) bond motifs is 2. The molecule has 1 spiro atoms. The predicted octanol–water partition coefficient (Wildman–Crippen LogP) is 8.12. The minimum atomic E-state index is -4.65. The summed E-state index contributed by atoms with van der Waals surface area (Å²) in [6.45, 7) is 7.49. The van der Waals surface area contributed by atoms with Crippen LogP contribution in [0.15, 0.2) is 108 Å². The summed E-state index contributed by atoms with van der Waals surface area (Å²) in [6.07, 6.45) is 10.0. The number of nitrogens with zero attached hydrogens (tertiary/aromatic N) is 5. The third-order valence-electron chi connectivity index (χ3n) is 13.1. The maximum Gasteiger partial charge on any atom is 0.297 e. The zero-order chi connectivity index (χ0) is 43.5. The first-order chi connectivity index (χ1) is 30.4. The number of hydrogen-bond acceptors (Lipinski definition) is 12. The zero-order valence-electron chi connectivity index (χ0n) is 35.0. The lowest BCUT2D eigenvalue weighted by Gasteiger charge is -2.62. The molecule has 1 amide bonds. The summed E-state index contributed by atoms with van der Waals surface area (Å²) in [7, 11) is -4.65. The van der Waals surface area contributed by atoms with E-state index in [1.807, 2.05) is 18.2 Å². The number of nitro groups is 1. The van der Waals surface area contributed by atoms with Crippen LogP contribution in [-0.4, -0.2) is 77.4 Å². The normalized spacial score (nSPS) is 19.5. The third kappa shape index (κ3) is 7.82. The van der Waals surface area contributed by atoms with Crippen LogP contribution in [0.3, 0.4) is 0 Å². The minimum Gasteiger partial charge on any atom is -0.489 e. The van der Waals surface area contributed by atoms with Gasteiger partial charge >= 0.3 is 0 Å². The van der Waals surface area contributed by atoms with Gasteiger partial charge in [0.1, 0.15) is 23.8 Å². The van der Waals surface area contributed by atoms with Crippen molar-refractivity contribution in [2.24, 2.45) is 5.41 Å². The highest BCUT2D eigenvalue weighted by Gasteiger charge is 2.55. The Morgan fingerprint density at radius 3 is 2.67 bits per heavy atom. The fourth-order valence-electron chi connectivity index (χ4n) is 10.0. The number of ether oxygens (including phenoxy) is 2. The van der Waals surface area contributed by atoms with E-state index in [0.717, 1.165) is 55.3 Å². The molecular weight excluding hydrogens is 821 g/mol. The minimum absolute atomic E-state index is 0.0165. The highest BCUT2D eigenvalue weighted by molar-refractivity contribution is 7.90. The molecule has 3 aromatic carbocycles. The number of benzene rings is 3. The number of pyridine rings is 2. The van der Waals surface area contributed by atoms with Gasteiger partial charge in [-0.2, -0.15) is 0 Å². The summed E-state index contributed by atoms with van der Waals surface area (Å²) >= 11 is 0. The van der Waals surface area contributed by atoms with Gasteiger partial charge in [-0.3, -0.25) is 24.8 Å². The number of sulfonamides is 1. The Hall–Kier alpha value is -6.52. The van der Waals surface area contributed by atoms with E-state index in [1.165, 1.54) is 36.2 Å². The zero-order valence-corrected chi connectivity index (χ0v) is 35.8. The molecule has 0 unspecified atom stereocenters. The van der Waals surface area contributed by atoms with Crippen LogP contribution in [0.4, 0.5) is 17.1 Å². The van der Waals surface area contributed by atoms with Gasteiger partial charge in [-0.15, -0.1) is 0 Å². The Morgan fingerprint density at radius 1 is 1.05 bits per heavy atom. The lowest BCUT2D eigenvalue weighted by molar-refractivity contribution is -0.384. The van der Waals surface area contributed by atoms with Gasteiger partial charge in [0.2, 0.25) is 0 Å². The van der Waals surface area contributed by atoms with E-state index in [-0.39, 0.29) is 40.8 Å². The van der Waals surface area contributed by atoms with Gasteiger partial charge in [0.15, 0.2) is 11.4 Å². The second-order valence-electron chi connectivity index (χ2n) is 17.7. The van der Waals surface area contributed by atoms with Crippen molar-refractivity contribution in [2.75, 3.05) is 36.5 Å².